The molecular weight excluding hydrogens is 332 g/mol. The molecule has 1 aromatic heterocycles. The van der Waals surface area contributed by atoms with Gasteiger partial charge in [0.25, 0.3) is 0 Å². The van der Waals surface area contributed by atoms with E-state index in [9.17, 15) is 9.59 Å². The normalized spacial score (nSPS) is 18.1. The summed E-state index contributed by atoms with van der Waals surface area (Å²) < 4.78 is 5.72. The zero-order chi connectivity index (χ0) is 18.7. The van der Waals surface area contributed by atoms with E-state index in [4.69, 9.17) is 4.42 Å². The molecule has 2 aromatic rings. The van der Waals surface area contributed by atoms with Crippen LogP contribution in [0.2, 0.25) is 0 Å². The molecule has 3 rings (SSSR count). The predicted octanol–water partition coefficient (Wildman–Crippen LogP) is 2.34. The maximum absolute atomic E-state index is 12.7. The summed E-state index contributed by atoms with van der Waals surface area (Å²) >= 11 is 0. The predicted molar refractivity (Wildman–Crippen MR) is 95.8 cm³/mol. The van der Waals surface area contributed by atoms with Crippen molar-refractivity contribution in [3.63, 3.8) is 0 Å². The summed E-state index contributed by atoms with van der Waals surface area (Å²) in [6, 6.07) is 8.98. The van der Waals surface area contributed by atoms with Gasteiger partial charge in [-0.1, -0.05) is 32.0 Å². The van der Waals surface area contributed by atoms with E-state index >= 15 is 0 Å². The molecule has 2 heterocycles. The van der Waals surface area contributed by atoms with E-state index in [0.717, 1.165) is 5.56 Å². The molecule has 1 atom stereocenters. The molecule has 2 amide bonds. The van der Waals surface area contributed by atoms with Crippen molar-refractivity contribution in [2.24, 2.45) is 5.92 Å². The first-order valence-electron chi connectivity index (χ1n) is 8.95. The van der Waals surface area contributed by atoms with Crippen LogP contribution in [0.1, 0.15) is 33.1 Å². The molecule has 7 nitrogen and oxygen atoms in total. The van der Waals surface area contributed by atoms with E-state index in [0.29, 0.717) is 30.7 Å². The van der Waals surface area contributed by atoms with Gasteiger partial charge in [-0.2, -0.15) is 0 Å². The Balaban J connectivity index is 1.81. The minimum Gasteiger partial charge on any atom is -0.419 e. The quantitative estimate of drug-likeness (QED) is 0.794. The van der Waals surface area contributed by atoms with Crippen LogP contribution in [0, 0.1) is 5.92 Å². The molecular formula is C19H24N4O3. The standard InChI is InChI=1S/C19H24N4O3/c1-4-22-12-17(24)23(15(19(22)25)10-13(2)3)11-16-20-21-18(26-16)14-8-6-5-7-9-14/h5-9,13,15H,4,10-12H2,1-3H3/t15-/m0/s1. The van der Waals surface area contributed by atoms with Crippen molar-refractivity contribution in [2.75, 3.05) is 13.1 Å². The number of carbonyl (C=O) groups excluding carboxylic acids is 2. The molecule has 1 aliphatic heterocycles. The van der Waals surface area contributed by atoms with Crippen LogP contribution in [0.25, 0.3) is 11.5 Å². The van der Waals surface area contributed by atoms with Crippen molar-refractivity contribution in [3.05, 3.63) is 36.2 Å². The summed E-state index contributed by atoms with van der Waals surface area (Å²) in [5, 5.41) is 8.13. The highest BCUT2D eigenvalue weighted by Crippen LogP contribution is 2.23. The van der Waals surface area contributed by atoms with Crippen LogP contribution in [0.4, 0.5) is 0 Å². The minimum absolute atomic E-state index is 0.0106. The maximum Gasteiger partial charge on any atom is 0.247 e. The van der Waals surface area contributed by atoms with E-state index in [1.54, 1.807) is 9.80 Å². The molecule has 0 spiro atoms. The van der Waals surface area contributed by atoms with Gasteiger partial charge >= 0.3 is 0 Å². The smallest absolute Gasteiger partial charge is 0.247 e. The van der Waals surface area contributed by atoms with Gasteiger partial charge in [-0.25, -0.2) is 0 Å². The average molecular weight is 356 g/mol. The first kappa shape index (κ1) is 18.1. The Bertz CT molecular complexity index is 772. The number of benzene rings is 1. The molecule has 0 radical (unpaired) electrons. The number of hydrogen-bond donors (Lipinski definition) is 0. The largest absolute Gasteiger partial charge is 0.419 e. The lowest BCUT2D eigenvalue weighted by molar-refractivity contribution is -0.157. The maximum atomic E-state index is 12.7. The van der Waals surface area contributed by atoms with Crippen LogP contribution in [0.3, 0.4) is 0 Å². The summed E-state index contributed by atoms with van der Waals surface area (Å²) in [5.41, 5.74) is 0.822. The number of amides is 2. The number of likely N-dealkylation sites (N-methyl/N-ethyl adjacent to an activating group) is 1. The van der Waals surface area contributed by atoms with Gasteiger partial charge in [0, 0.05) is 12.1 Å². The Morgan fingerprint density at radius 1 is 1.19 bits per heavy atom. The van der Waals surface area contributed by atoms with E-state index in [1.807, 2.05) is 51.1 Å². The van der Waals surface area contributed by atoms with Crippen LogP contribution < -0.4 is 0 Å². The van der Waals surface area contributed by atoms with Crippen molar-refractivity contribution in [1.29, 1.82) is 0 Å². The fourth-order valence-corrected chi connectivity index (χ4v) is 3.15. The lowest BCUT2D eigenvalue weighted by atomic mass is 9.99. The Hall–Kier alpha value is -2.70. The second-order valence-corrected chi connectivity index (χ2v) is 6.89. The number of hydrogen-bond acceptors (Lipinski definition) is 5. The third-order valence-corrected chi connectivity index (χ3v) is 4.49. The van der Waals surface area contributed by atoms with E-state index in [2.05, 4.69) is 10.2 Å². The number of nitrogens with zero attached hydrogens (tertiary/aromatic N) is 4. The summed E-state index contributed by atoms with van der Waals surface area (Å²) in [7, 11) is 0. The van der Waals surface area contributed by atoms with Crippen LogP contribution in [-0.2, 0) is 16.1 Å². The second kappa shape index (κ2) is 7.68. The SMILES string of the molecule is CCN1CC(=O)N(Cc2nnc(-c3ccccc3)o2)[C@@H](CC(C)C)C1=O. The Labute approximate surface area is 153 Å². The first-order chi connectivity index (χ1) is 12.5. The van der Waals surface area contributed by atoms with Crippen molar-refractivity contribution >= 4 is 11.8 Å². The summed E-state index contributed by atoms with van der Waals surface area (Å²) in [6.45, 7) is 6.76. The molecule has 1 saturated heterocycles. The lowest BCUT2D eigenvalue weighted by Crippen LogP contribution is -2.59. The zero-order valence-electron chi connectivity index (χ0n) is 15.4. The number of piperazine rings is 1. The number of aromatic nitrogens is 2. The van der Waals surface area contributed by atoms with Crippen molar-refractivity contribution in [1.82, 2.24) is 20.0 Å². The third kappa shape index (κ3) is 3.76. The lowest BCUT2D eigenvalue weighted by Gasteiger charge is -2.40. The number of carbonyl (C=O) groups is 2. The third-order valence-electron chi connectivity index (χ3n) is 4.49. The molecule has 0 unspecified atom stereocenters. The van der Waals surface area contributed by atoms with E-state index in [-0.39, 0.29) is 24.9 Å². The van der Waals surface area contributed by atoms with Gasteiger partial charge in [0.1, 0.15) is 6.04 Å². The molecule has 0 bridgehead atoms. The summed E-state index contributed by atoms with van der Waals surface area (Å²) in [6.07, 6.45) is 0.612. The van der Waals surface area contributed by atoms with Crippen LogP contribution >= 0.6 is 0 Å². The highest BCUT2D eigenvalue weighted by Gasteiger charge is 2.39. The first-order valence-corrected chi connectivity index (χ1v) is 8.95. The topological polar surface area (TPSA) is 79.5 Å². The average Bonchev–Trinajstić information content (AvgIpc) is 3.10. The zero-order valence-corrected chi connectivity index (χ0v) is 15.4. The molecule has 138 valence electrons. The molecule has 26 heavy (non-hydrogen) atoms. The van der Waals surface area contributed by atoms with E-state index < -0.39 is 6.04 Å². The van der Waals surface area contributed by atoms with Gasteiger partial charge < -0.3 is 14.2 Å². The highest BCUT2D eigenvalue weighted by molar-refractivity contribution is 5.94. The molecule has 0 N–H and O–H groups in total. The van der Waals surface area contributed by atoms with Gasteiger partial charge in [0.15, 0.2) is 0 Å². The van der Waals surface area contributed by atoms with E-state index in [1.165, 1.54) is 0 Å². The summed E-state index contributed by atoms with van der Waals surface area (Å²) in [5.74, 6) is 0.939. The molecule has 1 fully saturated rings. The molecule has 0 aliphatic carbocycles. The Morgan fingerprint density at radius 2 is 1.92 bits per heavy atom. The molecule has 7 heteroatoms. The van der Waals surface area contributed by atoms with Crippen LogP contribution in [0.5, 0.6) is 0 Å². The van der Waals surface area contributed by atoms with Crippen molar-refractivity contribution < 1.29 is 14.0 Å². The fraction of sp³-hybridized carbons (Fsp3) is 0.474. The van der Waals surface area contributed by atoms with Crippen LogP contribution in [0.15, 0.2) is 34.7 Å². The molecule has 1 aromatic carbocycles. The van der Waals surface area contributed by atoms with Crippen LogP contribution in [-0.4, -0.2) is 50.9 Å². The van der Waals surface area contributed by atoms with Gasteiger partial charge in [0.2, 0.25) is 23.6 Å². The minimum atomic E-state index is -0.483. The fourth-order valence-electron chi connectivity index (χ4n) is 3.15. The highest BCUT2D eigenvalue weighted by atomic mass is 16.4. The van der Waals surface area contributed by atoms with Crippen molar-refractivity contribution in [2.45, 2.75) is 39.8 Å². The Morgan fingerprint density at radius 3 is 2.58 bits per heavy atom. The van der Waals surface area contributed by atoms with Gasteiger partial charge in [-0.15, -0.1) is 10.2 Å². The van der Waals surface area contributed by atoms with Gasteiger partial charge in [0.05, 0.1) is 13.1 Å². The second-order valence-electron chi connectivity index (χ2n) is 6.89. The Kier molecular flexibility index (Phi) is 5.35. The van der Waals surface area contributed by atoms with Gasteiger partial charge in [-0.05, 0) is 31.4 Å². The van der Waals surface area contributed by atoms with Gasteiger partial charge in [-0.3, -0.25) is 9.59 Å². The summed E-state index contributed by atoms with van der Waals surface area (Å²) in [4.78, 5) is 28.5. The van der Waals surface area contributed by atoms with Crippen molar-refractivity contribution in [3.8, 4) is 11.5 Å². The number of rotatable bonds is 6. The monoisotopic (exact) mass is 356 g/mol. The molecule has 1 aliphatic rings. The molecule has 0 saturated carbocycles.